The molecule has 0 saturated heterocycles. The summed E-state index contributed by atoms with van der Waals surface area (Å²) in [5, 5.41) is 8.69. The van der Waals surface area contributed by atoms with E-state index in [0.717, 1.165) is 11.1 Å². The zero-order valence-electron chi connectivity index (χ0n) is 11.8. The van der Waals surface area contributed by atoms with Crippen LogP contribution in [0.1, 0.15) is 17.5 Å². The van der Waals surface area contributed by atoms with Gasteiger partial charge in [-0.25, -0.2) is 9.11 Å². The molecule has 0 amide bonds. The fraction of sp³-hybridized carbons (Fsp3) is 0.538. The summed E-state index contributed by atoms with van der Waals surface area (Å²) >= 11 is 0. The second-order valence-electron chi connectivity index (χ2n) is 4.62. The number of halogens is 1. The highest BCUT2D eigenvalue weighted by Crippen LogP contribution is 2.10. The molecule has 114 valence electrons. The number of hydrogen-bond acceptors (Lipinski definition) is 3. The van der Waals surface area contributed by atoms with Crippen molar-refractivity contribution in [1.82, 2.24) is 9.03 Å². The normalized spacial score (nSPS) is 12.1. The third-order valence-electron chi connectivity index (χ3n) is 3.02. The van der Waals surface area contributed by atoms with Crippen LogP contribution in [0.5, 0.6) is 0 Å². The minimum absolute atomic E-state index is 0.0470. The van der Waals surface area contributed by atoms with Crippen LogP contribution in [0.4, 0.5) is 4.39 Å². The van der Waals surface area contributed by atoms with Crippen LogP contribution in [0.3, 0.4) is 0 Å². The molecule has 1 rings (SSSR count). The van der Waals surface area contributed by atoms with Crippen molar-refractivity contribution in [3.63, 3.8) is 0 Å². The van der Waals surface area contributed by atoms with Gasteiger partial charge in [-0.15, -0.1) is 0 Å². The number of nitrogens with one attached hydrogen (secondary N) is 1. The van der Waals surface area contributed by atoms with E-state index in [2.05, 4.69) is 4.72 Å². The molecule has 0 aliphatic rings. The summed E-state index contributed by atoms with van der Waals surface area (Å²) in [6.07, 6.45) is 0.896. The fourth-order valence-corrected chi connectivity index (χ4v) is 2.73. The maximum Gasteiger partial charge on any atom is 0.279 e. The summed E-state index contributed by atoms with van der Waals surface area (Å²) in [7, 11) is -2.07. The maximum absolute atomic E-state index is 12.9. The van der Waals surface area contributed by atoms with Gasteiger partial charge in [-0.3, -0.25) is 0 Å². The van der Waals surface area contributed by atoms with Crippen LogP contribution in [0.25, 0.3) is 0 Å². The predicted molar refractivity (Wildman–Crippen MR) is 76.1 cm³/mol. The Bertz CT molecular complexity index is 534. The van der Waals surface area contributed by atoms with Crippen molar-refractivity contribution in [3.05, 3.63) is 35.1 Å². The molecule has 0 radical (unpaired) electrons. The summed E-state index contributed by atoms with van der Waals surface area (Å²) < 4.78 is 40.3. The lowest BCUT2D eigenvalue weighted by Gasteiger charge is -2.17. The van der Waals surface area contributed by atoms with Gasteiger partial charge in [-0.2, -0.15) is 12.7 Å². The largest absolute Gasteiger partial charge is 0.396 e. The van der Waals surface area contributed by atoms with Gasteiger partial charge in [0.25, 0.3) is 10.2 Å². The first-order chi connectivity index (χ1) is 9.36. The Hall–Kier alpha value is -1.02. The first kappa shape index (κ1) is 17.0. The van der Waals surface area contributed by atoms with E-state index in [9.17, 15) is 12.8 Å². The summed E-state index contributed by atoms with van der Waals surface area (Å²) in [6.45, 7) is 2.26. The molecule has 20 heavy (non-hydrogen) atoms. The number of aryl methyl sites for hydroxylation is 1. The minimum Gasteiger partial charge on any atom is -0.396 e. The Balaban J connectivity index is 2.50. The van der Waals surface area contributed by atoms with Crippen LogP contribution in [-0.2, 0) is 16.6 Å². The highest BCUT2D eigenvalue weighted by Gasteiger charge is 2.16. The number of aliphatic hydroxyl groups is 1. The average Bonchev–Trinajstić information content (AvgIpc) is 2.38. The molecule has 0 spiro atoms. The zero-order chi connectivity index (χ0) is 15.2. The first-order valence-electron chi connectivity index (χ1n) is 6.43. The molecule has 0 aliphatic carbocycles. The van der Waals surface area contributed by atoms with Crippen LogP contribution in [0.2, 0.25) is 0 Å². The zero-order valence-corrected chi connectivity index (χ0v) is 12.6. The van der Waals surface area contributed by atoms with Crippen LogP contribution >= 0.6 is 0 Å². The van der Waals surface area contributed by atoms with Crippen LogP contribution in [0, 0.1) is 12.7 Å². The number of benzene rings is 1. The Morgan fingerprint density at radius 3 is 2.70 bits per heavy atom. The molecule has 2 N–H and O–H groups in total. The van der Waals surface area contributed by atoms with E-state index >= 15 is 0 Å². The van der Waals surface area contributed by atoms with Crippen molar-refractivity contribution in [2.24, 2.45) is 0 Å². The van der Waals surface area contributed by atoms with Gasteiger partial charge in [0.05, 0.1) is 0 Å². The summed E-state index contributed by atoms with van der Waals surface area (Å²) in [5.74, 6) is -0.296. The van der Waals surface area contributed by atoms with Crippen LogP contribution in [0.15, 0.2) is 18.2 Å². The van der Waals surface area contributed by atoms with Gasteiger partial charge >= 0.3 is 0 Å². The molecule has 0 heterocycles. The molecule has 0 aromatic heterocycles. The molecule has 0 atom stereocenters. The predicted octanol–water partition coefficient (Wildman–Crippen LogP) is 0.825. The highest BCUT2D eigenvalue weighted by atomic mass is 32.2. The SMILES string of the molecule is Cc1cc(F)ccc1CCNS(=O)(=O)N(C)CCCO. The molecule has 0 fully saturated rings. The highest BCUT2D eigenvalue weighted by molar-refractivity contribution is 7.87. The molecule has 0 aliphatic heterocycles. The third-order valence-corrected chi connectivity index (χ3v) is 4.60. The van der Waals surface area contributed by atoms with E-state index in [4.69, 9.17) is 5.11 Å². The van der Waals surface area contributed by atoms with Gasteiger partial charge in [0, 0.05) is 26.7 Å². The number of nitrogens with zero attached hydrogens (tertiary/aromatic N) is 1. The van der Waals surface area contributed by atoms with Crippen LogP contribution in [-0.4, -0.2) is 44.6 Å². The first-order valence-corrected chi connectivity index (χ1v) is 7.87. The summed E-state index contributed by atoms with van der Waals surface area (Å²) in [4.78, 5) is 0. The van der Waals surface area contributed by atoms with Crippen molar-refractivity contribution in [2.45, 2.75) is 19.8 Å². The molecule has 1 aromatic rings. The molecule has 0 unspecified atom stereocenters. The lowest BCUT2D eigenvalue weighted by molar-refractivity contribution is 0.275. The van der Waals surface area contributed by atoms with Crippen molar-refractivity contribution in [3.8, 4) is 0 Å². The van der Waals surface area contributed by atoms with Gasteiger partial charge in [0.1, 0.15) is 5.82 Å². The fourth-order valence-electron chi connectivity index (χ4n) is 1.78. The van der Waals surface area contributed by atoms with E-state index in [0.29, 0.717) is 12.8 Å². The molecule has 1 aromatic carbocycles. The lowest BCUT2D eigenvalue weighted by Crippen LogP contribution is -2.39. The van der Waals surface area contributed by atoms with E-state index in [1.807, 2.05) is 0 Å². The second-order valence-corrected chi connectivity index (χ2v) is 6.48. The molecular formula is C13H21FN2O3S. The number of rotatable bonds is 8. The Kier molecular flexibility index (Phi) is 6.54. The molecular weight excluding hydrogens is 283 g/mol. The number of aliphatic hydroxyl groups excluding tert-OH is 1. The topological polar surface area (TPSA) is 69.6 Å². The smallest absolute Gasteiger partial charge is 0.279 e. The average molecular weight is 304 g/mol. The molecule has 0 saturated carbocycles. The van der Waals surface area contributed by atoms with E-state index < -0.39 is 10.2 Å². The molecule has 7 heteroatoms. The standard InChI is InChI=1S/C13H21FN2O3S/c1-11-10-13(14)5-4-12(11)6-7-15-20(18,19)16(2)8-3-9-17/h4-5,10,15,17H,3,6-9H2,1-2H3. The van der Waals surface area contributed by atoms with Crippen molar-refractivity contribution >= 4 is 10.2 Å². The van der Waals surface area contributed by atoms with Gasteiger partial charge in [-0.1, -0.05) is 6.07 Å². The van der Waals surface area contributed by atoms with Gasteiger partial charge in [0.2, 0.25) is 0 Å². The lowest BCUT2D eigenvalue weighted by atomic mass is 10.1. The molecule has 0 bridgehead atoms. The van der Waals surface area contributed by atoms with Gasteiger partial charge < -0.3 is 5.11 Å². The van der Waals surface area contributed by atoms with E-state index in [1.165, 1.54) is 23.5 Å². The third kappa shape index (κ3) is 5.16. The van der Waals surface area contributed by atoms with Gasteiger partial charge in [-0.05, 0) is 43.0 Å². The van der Waals surface area contributed by atoms with Crippen molar-refractivity contribution in [2.75, 3.05) is 26.7 Å². The van der Waals surface area contributed by atoms with Crippen LogP contribution < -0.4 is 4.72 Å². The Morgan fingerprint density at radius 1 is 1.40 bits per heavy atom. The Morgan fingerprint density at radius 2 is 2.10 bits per heavy atom. The quantitative estimate of drug-likeness (QED) is 0.747. The maximum atomic E-state index is 12.9. The van der Waals surface area contributed by atoms with Crippen molar-refractivity contribution < 1.29 is 17.9 Å². The summed E-state index contributed by atoms with van der Waals surface area (Å²) in [5.41, 5.74) is 1.71. The van der Waals surface area contributed by atoms with E-state index in [1.54, 1.807) is 13.0 Å². The van der Waals surface area contributed by atoms with Crippen molar-refractivity contribution in [1.29, 1.82) is 0 Å². The molecule has 5 nitrogen and oxygen atoms in total. The monoisotopic (exact) mass is 304 g/mol. The minimum atomic E-state index is -3.53. The Labute approximate surface area is 119 Å². The second kappa shape index (κ2) is 7.68. The van der Waals surface area contributed by atoms with E-state index in [-0.39, 0.29) is 25.5 Å². The summed E-state index contributed by atoms with van der Waals surface area (Å²) in [6, 6.07) is 4.45. The number of hydrogen-bond donors (Lipinski definition) is 2. The van der Waals surface area contributed by atoms with Gasteiger partial charge in [0.15, 0.2) is 0 Å².